The summed E-state index contributed by atoms with van der Waals surface area (Å²) < 4.78 is 5.41. The SMILES string of the molecule is O=C(COc1ccccc1)NCc1ccc2ccccc2c1. The van der Waals surface area contributed by atoms with Crippen molar-refractivity contribution in [3.63, 3.8) is 0 Å². The molecule has 0 atom stereocenters. The molecule has 1 amide bonds. The van der Waals surface area contributed by atoms with Gasteiger partial charge in [-0.05, 0) is 34.5 Å². The van der Waals surface area contributed by atoms with Gasteiger partial charge in [-0.1, -0.05) is 54.6 Å². The molecule has 3 nitrogen and oxygen atoms in total. The molecule has 3 aromatic rings. The highest BCUT2D eigenvalue weighted by Gasteiger charge is 2.03. The molecule has 0 heterocycles. The van der Waals surface area contributed by atoms with Gasteiger partial charge in [0, 0.05) is 6.54 Å². The van der Waals surface area contributed by atoms with Gasteiger partial charge in [0.05, 0.1) is 0 Å². The number of para-hydroxylation sites is 1. The molecule has 22 heavy (non-hydrogen) atoms. The lowest BCUT2D eigenvalue weighted by Crippen LogP contribution is -2.28. The van der Waals surface area contributed by atoms with E-state index in [1.807, 2.05) is 48.5 Å². The lowest BCUT2D eigenvalue weighted by atomic mass is 10.1. The van der Waals surface area contributed by atoms with Crippen molar-refractivity contribution >= 4 is 16.7 Å². The minimum absolute atomic E-state index is 0.0254. The molecule has 3 heteroatoms. The Morgan fingerprint density at radius 2 is 1.59 bits per heavy atom. The highest BCUT2D eigenvalue weighted by Crippen LogP contribution is 2.15. The normalized spacial score (nSPS) is 10.4. The quantitative estimate of drug-likeness (QED) is 0.781. The van der Waals surface area contributed by atoms with Crippen molar-refractivity contribution in [3.05, 3.63) is 78.4 Å². The molecule has 3 rings (SSSR count). The van der Waals surface area contributed by atoms with E-state index in [4.69, 9.17) is 4.74 Å². The van der Waals surface area contributed by atoms with E-state index in [9.17, 15) is 4.79 Å². The molecule has 3 aromatic carbocycles. The van der Waals surface area contributed by atoms with Crippen LogP contribution in [0.2, 0.25) is 0 Å². The highest BCUT2D eigenvalue weighted by atomic mass is 16.5. The van der Waals surface area contributed by atoms with E-state index in [1.165, 1.54) is 10.8 Å². The number of hydrogen-bond donors (Lipinski definition) is 1. The lowest BCUT2D eigenvalue weighted by molar-refractivity contribution is -0.123. The third-order valence-corrected chi connectivity index (χ3v) is 3.42. The number of carbonyl (C=O) groups excluding carboxylic acids is 1. The number of hydrogen-bond acceptors (Lipinski definition) is 2. The fourth-order valence-electron chi connectivity index (χ4n) is 2.27. The lowest BCUT2D eigenvalue weighted by Gasteiger charge is -2.08. The second kappa shape index (κ2) is 6.76. The van der Waals surface area contributed by atoms with Gasteiger partial charge < -0.3 is 10.1 Å². The first-order valence-electron chi connectivity index (χ1n) is 7.23. The molecule has 0 spiro atoms. The van der Waals surface area contributed by atoms with E-state index in [-0.39, 0.29) is 12.5 Å². The second-order valence-electron chi connectivity index (χ2n) is 5.06. The Kier molecular flexibility index (Phi) is 4.35. The molecule has 0 aliphatic rings. The zero-order valence-electron chi connectivity index (χ0n) is 12.2. The number of rotatable bonds is 5. The second-order valence-corrected chi connectivity index (χ2v) is 5.06. The summed E-state index contributed by atoms with van der Waals surface area (Å²) in [7, 11) is 0. The zero-order valence-corrected chi connectivity index (χ0v) is 12.2. The van der Waals surface area contributed by atoms with Crippen LogP contribution >= 0.6 is 0 Å². The summed E-state index contributed by atoms with van der Waals surface area (Å²) in [5.41, 5.74) is 1.08. The molecule has 0 saturated carbocycles. The van der Waals surface area contributed by atoms with Crippen molar-refractivity contribution in [2.45, 2.75) is 6.54 Å². The van der Waals surface area contributed by atoms with Gasteiger partial charge >= 0.3 is 0 Å². The maximum Gasteiger partial charge on any atom is 0.258 e. The van der Waals surface area contributed by atoms with E-state index in [0.717, 1.165) is 5.56 Å². The fourth-order valence-corrected chi connectivity index (χ4v) is 2.27. The van der Waals surface area contributed by atoms with Gasteiger partial charge in [0.25, 0.3) is 5.91 Å². The zero-order chi connectivity index (χ0) is 15.2. The van der Waals surface area contributed by atoms with Crippen LogP contribution in [-0.2, 0) is 11.3 Å². The Morgan fingerprint density at radius 1 is 0.864 bits per heavy atom. The molecular weight excluding hydrogens is 274 g/mol. The maximum atomic E-state index is 11.8. The largest absolute Gasteiger partial charge is 0.484 e. The van der Waals surface area contributed by atoms with Crippen LogP contribution in [0.5, 0.6) is 5.75 Å². The van der Waals surface area contributed by atoms with Gasteiger partial charge in [-0.3, -0.25) is 4.79 Å². The first-order valence-corrected chi connectivity index (χ1v) is 7.23. The summed E-state index contributed by atoms with van der Waals surface area (Å²) in [5.74, 6) is 0.570. The Balaban J connectivity index is 1.53. The summed E-state index contributed by atoms with van der Waals surface area (Å²) in [6, 6.07) is 23.7. The van der Waals surface area contributed by atoms with Gasteiger partial charge in [-0.15, -0.1) is 0 Å². The first-order chi connectivity index (χ1) is 10.8. The van der Waals surface area contributed by atoms with Crippen LogP contribution in [0.3, 0.4) is 0 Å². The van der Waals surface area contributed by atoms with Crippen LogP contribution in [0.15, 0.2) is 72.8 Å². The van der Waals surface area contributed by atoms with E-state index in [1.54, 1.807) is 0 Å². The summed E-state index contributed by atoms with van der Waals surface area (Å²) in [6.45, 7) is 0.527. The van der Waals surface area contributed by atoms with E-state index >= 15 is 0 Å². The van der Waals surface area contributed by atoms with Crippen molar-refractivity contribution in [2.75, 3.05) is 6.61 Å². The van der Waals surface area contributed by atoms with E-state index in [2.05, 4.69) is 29.6 Å². The molecule has 0 bridgehead atoms. The molecule has 0 aliphatic heterocycles. The predicted molar refractivity (Wildman–Crippen MR) is 87.7 cm³/mol. The monoisotopic (exact) mass is 291 g/mol. The Bertz CT molecular complexity index is 769. The molecule has 0 aliphatic carbocycles. The Labute approximate surface area is 129 Å². The number of ether oxygens (including phenoxy) is 1. The summed E-state index contributed by atoms with van der Waals surface area (Å²) in [4.78, 5) is 11.8. The molecule has 0 aromatic heterocycles. The van der Waals surface area contributed by atoms with Gasteiger partial charge in [0.15, 0.2) is 6.61 Å². The maximum absolute atomic E-state index is 11.8. The number of amides is 1. The van der Waals surface area contributed by atoms with Crippen LogP contribution < -0.4 is 10.1 Å². The van der Waals surface area contributed by atoms with Gasteiger partial charge in [0.2, 0.25) is 0 Å². The number of fused-ring (bicyclic) bond motifs is 1. The molecule has 1 N–H and O–H groups in total. The van der Waals surface area contributed by atoms with Gasteiger partial charge in [0.1, 0.15) is 5.75 Å². The van der Waals surface area contributed by atoms with Crippen molar-refractivity contribution in [2.24, 2.45) is 0 Å². The summed E-state index contributed by atoms with van der Waals surface area (Å²) in [6.07, 6.45) is 0. The van der Waals surface area contributed by atoms with Crippen LogP contribution in [0.1, 0.15) is 5.56 Å². The van der Waals surface area contributed by atoms with Crippen molar-refractivity contribution in [1.82, 2.24) is 5.32 Å². The minimum Gasteiger partial charge on any atom is -0.484 e. The topological polar surface area (TPSA) is 38.3 Å². The van der Waals surface area contributed by atoms with Crippen LogP contribution in [0, 0.1) is 0 Å². The molecule has 110 valence electrons. The van der Waals surface area contributed by atoms with E-state index < -0.39 is 0 Å². The van der Waals surface area contributed by atoms with Crippen molar-refractivity contribution in [1.29, 1.82) is 0 Å². The summed E-state index contributed by atoms with van der Waals surface area (Å²) >= 11 is 0. The third kappa shape index (κ3) is 3.64. The van der Waals surface area contributed by atoms with Gasteiger partial charge in [-0.25, -0.2) is 0 Å². The smallest absolute Gasteiger partial charge is 0.258 e. The molecular formula is C19H17NO2. The molecule has 0 saturated heterocycles. The predicted octanol–water partition coefficient (Wildman–Crippen LogP) is 3.54. The molecule has 0 fully saturated rings. The number of carbonyl (C=O) groups is 1. The average molecular weight is 291 g/mol. The molecule has 0 unspecified atom stereocenters. The van der Waals surface area contributed by atoms with Crippen LogP contribution in [0.4, 0.5) is 0 Å². The fraction of sp³-hybridized carbons (Fsp3) is 0.105. The Hall–Kier alpha value is -2.81. The summed E-state index contributed by atoms with van der Waals surface area (Å²) in [5, 5.41) is 5.24. The first kappa shape index (κ1) is 14.1. The van der Waals surface area contributed by atoms with Crippen LogP contribution in [0.25, 0.3) is 10.8 Å². The minimum atomic E-state index is -0.128. The van der Waals surface area contributed by atoms with E-state index in [0.29, 0.717) is 12.3 Å². The van der Waals surface area contributed by atoms with Crippen molar-refractivity contribution in [3.8, 4) is 5.75 Å². The van der Waals surface area contributed by atoms with Crippen molar-refractivity contribution < 1.29 is 9.53 Å². The standard InChI is InChI=1S/C19H17NO2/c21-19(14-22-18-8-2-1-3-9-18)20-13-15-10-11-16-6-4-5-7-17(16)12-15/h1-12H,13-14H2,(H,20,21). The Morgan fingerprint density at radius 3 is 2.41 bits per heavy atom. The van der Waals surface area contributed by atoms with Gasteiger partial charge in [-0.2, -0.15) is 0 Å². The number of nitrogens with one attached hydrogen (secondary N) is 1. The number of benzene rings is 3. The third-order valence-electron chi connectivity index (χ3n) is 3.42. The highest BCUT2D eigenvalue weighted by molar-refractivity contribution is 5.83. The average Bonchev–Trinajstić information content (AvgIpc) is 2.59. The van der Waals surface area contributed by atoms with Crippen LogP contribution in [-0.4, -0.2) is 12.5 Å². The molecule has 0 radical (unpaired) electrons.